The van der Waals surface area contributed by atoms with Crippen molar-refractivity contribution in [2.75, 3.05) is 36.0 Å². The summed E-state index contributed by atoms with van der Waals surface area (Å²) in [6.07, 6.45) is -0.0877. The molecule has 146 valence electrons. The average molecular weight is 400 g/mol. The van der Waals surface area contributed by atoms with Gasteiger partial charge in [-0.25, -0.2) is 9.88 Å². The monoisotopic (exact) mass is 400 g/mol. The summed E-state index contributed by atoms with van der Waals surface area (Å²) in [5, 5.41) is 10.7. The van der Waals surface area contributed by atoms with Crippen LogP contribution in [0.15, 0.2) is 35.7 Å². The van der Waals surface area contributed by atoms with Crippen LogP contribution in [0.4, 0.5) is 10.8 Å². The van der Waals surface area contributed by atoms with Crippen molar-refractivity contribution in [1.29, 1.82) is 0 Å². The van der Waals surface area contributed by atoms with Crippen LogP contribution in [0.5, 0.6) is 0 Å². The first-order chi connectivity index (χ1) is 13.5. The second kappa shape index (κ2) is 7.69. The molecule has 0 bridgehead atoms. The number of anilines is 2. The van der Waals surface area contributed by atoms with Crippen LogP contribution in [0.2, 0.25) is 0 Å². The number of rotatable bonds is 5. The van der Waals surface area contributed by atoms with Crippen molar-refractivity contribution >= 4 is 39.9 Å². The summed E-state index contributed by atoms with van der Waals surface area (Å²) in [5.74, 6) is -1.55. The minimum atomic E-state index is -0.995. The lowest BCUT2D eigenvalue weighted by molar-refractivity contribution is -0.136. The Labute approximate surface area is 166 Å². The first-order valence-electron chi connectivity index (χ1n) is 9.10. The lowest BCUT2D eigenvalue weighted by Crippen LogP contribution is -2.52. The van der Waals surface area contributed by atoms with Gasteiger partial charge in [0.15, 0.2) is 5.13 Å². The third-order valence-corrected chi connectivity index (χ3v) is 5.94. The summed E-state index contributed by atoms with van der Waals surface area (Å²) >= 11 is 1.13. The highest BCUT2D eigenvalue weighted by molar-refractivity contribution is 7.14. The molecule has 2 aliphatic rings. The SMILES string of the molecule is O=C(O)Cc1csc(N2C(=O)CC(N3CCN(c4ccccc4)CC3)C2=O)n1. The van der Waals surface area contributed by atoms with Gasteiger partial charge in [-0.1, -0.05) is 18.2 Å². The van der Waals surface area contributed by atoms with Gasteiger partial charge < -0.3 is 10.0 Å². The molecule has 2 fully saturated rings. The van der Waals surface area contributed by atoms with Crippen molar-refractivity contribution in [2.24, 2.45) is 0 Å². The third kappa shape index (κ3) is 3.63. The molecule has 2 amide bonds. The van der Waals surface area contributed by atoms with Gasteiger partial charge in [0.1, 0.15) is 0 Å². The molecule has 1 N–H and O–H groups in total. The van der Waals surface area contributed by atoms with Crippen LogP contribution in [0, 0.1) is 0 Å². The number of carbonyl (C=O) groups excluding carboxylic acids is 2. The predicted molar refractivity (Wildman–Crippen MR) is 105 cm³/mol. The Morgan fingerprint density at radius 2 is 1.86 bits per heavy atom. The standard InChI is InChI=1S/C19H20N4O4S/c24-16-11-15(18(27)23(16)19-20-13(12-28-19)10-17(25)26)22-8-6-21(7-9-22)14-4-2-1-3-5-14/h1-5,12,15H,6-11H2,(H,25,26). The molecule has 0 aliphatic carbocycles. The van der Waals surface area contributed by atoms with Crippen LogP contribution in [-0.4, -0.2) is 65.0 Å². The van der Waals surface area contributed by atoms with E-state index in [1.165, 1.54) is 0 Å². The molecule has 9 heteroatoms. The Hall–Kier alpha value is -2.78. The highest BCUT2D eigenvalue weighted by atomic mass is 32.1. The number of thiazole rings is 1. The molecule has 2 aromatic rings. The number of aliphatic carboxylic acids is 1. The van der Waals surface area contributed by atoms with Crippen LogP contribution in [0.1, 0.15) is 12.1 Å². The molecular weight excluding hydrogens is 380 g/mol. The molecule has 1 unspecified atom stereocenters. The van der Waals surface area contributed by atoms with Crippen molar-refractivity contribution in [2.45, 2.75) is 18.9 Å². The van der Waals surface area contributed by atoms with Gasteiger partial charge in [-0.2, -0.15) is 0 Å². The van der Waals surface area contributed by atoms with E-state index in [2.05, 4.69) is 26.9 Å². The number of carboxylic acids is 1. The molecule has 0 spiro atoms. The van der Waals surface area contributed by atoms with Gasteiger partial charge in [-0.15, -0.1) is 11.3 Å². The van der Waals surface area contributed by atoms with Gasteiger partial charge in [0, 0.05) is 37.2 Å². The number of amides is 2. The van der Waals surface area contributed by atoms with Crippen LogP contribution in [-0.2, 0) is 20.8 Å². The van der Waals surface area contributed by atoms with Crippen molar-refractivity contribution in [3.8, 4) is 0 Å². The molecule has 1 aromatic carbocycles. The molecule has 3 heterocycles. The number of benzene rings is 1. The van der Waals surface area contributed by atoms with Crippen LogP contribution >= 0.6 is 11.3 Å². The van der Waals surface area contributed by atoms with E-state index in [-0.39, 0.29) is 29.8 Å². The number of carboxylic acid groups (broad SMARTS) is 1. The molecule has 1 atom stereocenters. The molecule has 0 saturated carbocycles. The lowest BCUT2D eigenvalue weighted by Gasteiger charge is -2.38. The molecule has 2 aliphatic heterocycles. The molecule has 0 radical (unpaired) electrons. The second-order valence-corrected chi connectivity index (χ2v) is 7.67. The van der Waals surface area contributed by atoms with Crippen LogP contribution in [0.3, 0.4) is 0 Å². The van der Waals surface area contributed by atoms with Crippen molar-refractivity contribution < 1.29 is 19.5 Å². The highest BCUT2D eigenvalue weighted by Crippen LogP contribution is 2.29. The Kier molecular flexibility index (Phi) is 5.10. The minimum absolute atomic E-state index is 0.137. The maximum Gasteiger partial charge on any atom is 0.309 e. The number of hydrogen-bond acceptors (Lipinski definition) is 7. The van der Waals surface area contributed by atoms with Gasteiger partial charge in [-0.05, 0) is 12.1 Å². The zero-order chi connectivity index (χ0) is 19.7. The van der Waals surface area contributed by atoms with Gasteiger partial charge in [0.05, 0.1) is 24.6 Å². The summed E-state index contributed by atoms with van der Waals surface area (Å²) in [5.41, 5.74) is 1.51. The van der Waals surface area contributed by atoms with Crippen LogP contribution in [0.25, 0.3) is 0 Å². The summed E-state index contributed by atoms with van der Waals surface area (Å²) in [6.45, 7) is 2.99. The van der Waals surface area contributed by atoms with Gasteiger partial charge in [0.25, 0.3) is 5.91 Å². The van der Waals surface area contributed by atoms with E-state index in [1.807, 2.05) is 18.2 Å². The Bertz CT molecular complexity index is 892. The Morgan fingerprint density at radius 1 is 1.14 bits per heavy atom. The average Bonchev–Trinajstić information content (AvgIpc) is 3.25. The highest BCUT2D eigenvalue weighted by Gasteiger charge is 2.44. The molecule has 8 nitrogen and oxygen atoms in total. The van der Waals surface area contributed by atoms with Crippen molar-refractivity contribution in [3.63, 3.8) is 0 Å². The second-order valence-electron chi connectivity index (χ2n) is 6.84. The Morgan fingerprint density at radius 3 is 2.54 bits per heavy atom. The van der Waals surface area contributed by atoms with Crippen molar-refractivity contribution in [1.82, 2.24) is 9.88 Å². The summed E-state index contributed by atoms with van der Waals surface area (Å²) < 4.78 is 0. The summed E-state index contributed by atoms with van der Waals surface area (Å²) in [6, 6.07) is 9.66. The number of piperazine rings is 1. The van der Waals surface area contributed by atoms with E-state index in [0.29, 0.717) is 18.8 Å². The van der Waals surface area contributed by atoms with E-state index >= 15 is 0 Å². The lowest BCUT2D eigenvalue weighted by atomic mass is 10.1. The Balaban J connectivity index is 1.42. The largest absolute Gasteiger partial charge is 0.481 e. The van der Waals surface area contributed by atoms with E-state index < -0.39 is 12.0 Å². The van der Waals surface area contributed by atoms with E-state index in [9.17, 15) is 14.4 Å². The number of imide groups is 1. The van der Waals surface area contributed by atoms with Crippen LogP contribution < -0.4 is 9.80 Å². The fourth-order valence-electron chi connectivity index (χ4n) is 3.67. The van der Waals surface area contributed by atoms with Gasteiger partial charge in [0.2, 0.25) is 5.91 Å². The zero-order valence-electron chi connectivity index (χ0n) is 15.2. The number of para-hydroxylation sites is 1. The quantitative estimate of drug-likeness (QED) is 0.754. The van der Waals surface area contributed by atoms with E-state index in [4.69, 9.17) is 5.11 Å². The molecule has 28 heavy (non-hydrogen) atoms. The molecule has 1 aromatic heterocycles. The number of nitrogens with zero attached hydrogens (tertiary/aromatic N) is 4. The van der Waals surface area contributed by atoms with Gasteiger partial charge >= 0.3 is 5.97 Å². The fraction of sp³-hybridized carbons (Fsp3) is 0.368. The van der Waals surface area contributed by atoms with Crippen molar-refractivity contribution in [3.05, 3.63) is 41.4 Å². The first-order valence-corrected chi connectivity index (χ1v) is 9.98. The molecular formula is C19H20N4O4S. The number of carbonyl (C=O) groups is 3. The maximum atomic E-state index is 12.9. The molecule has 2 saturated heterocycles. The number of aromatic nitrogens is 1. The minimum Gasteiger partial charge on any atom is -0.481 e. The topological polar surface area (TPSA) is 94.0 Å². The predicted octanol–water partition coefficient (Wildman–Crippen LogP) is 1.22. The number of hydrogen-bond donors (Lipinski definition) is 1. The van der Waals surface area contributed by atoms with E-state index in [0.717, 1.165) is 35.0 Å². The summed E-state index contributed by atoms with van der Waals surface area (Å²) in [7, 11) is 0. The third-order valence-electron chi connectivity index (χ3n) is 5.06. The van der Waals surface area contributed by atoms with Gasteiger partial charge in [-0.3, -0.25) is 19.3 Å². The van der Waals surface area contributed by atoms with E-state index in [1.54, 1.807) is 5.38 Å². The summed E-state index contributed by atoms with van der Waals surface area (Å²) in [4.78, 5) is 45.8. The zero-order valence-corrected chi connectivity index (χ0v) is 16.0. The maximum absolute atomic E-state index is 12.9. The normalized spacial score (nSPS) is 20.8. The fourth-order valence-corrected chi connectivity index (χ4v) is 4.51. The first kappa shape index (κ1) is 18.6. The molecule has 4 rings (SSSR count). The smallest absolute Gasteiger partial charge is 0.309 e.